The van der Waals surface area contributed by atoms with Gasteiger partial charge in [-0.15, -0.1) is 0 Å². The molecule has 2 aromatic carbocycles. The number of hydrogen-bond donors (Lipinski definition) is 2. The molecule has 1 atom stereocenters. The largest absolute Gasteiger partial charge is 0.353 e. The van der Waals surface area contributed by atoms with Gasteiger partial charge in [-0.2, -0.15) is 5.10 Å². The first-order chi connectivity index (χ1) is 20.9. The summed E-state index contributed by atoms with van der Waals surface area (Å²) in [6.07, 6.45) is 10.8. The molecule has 0 amide bonds. The Labute approximate surface area is 251 Å². The number of nitrogens with zero attached hydrogens (tertiary/aromatic N) is 6. The van der Waals surface area contributed by atoms with E-state index >= 15 is 0 Å². The molecule has 1 aliphatic rings. The van der Waals surface area contributed by atoms with E-state index in [0.717, 1.165) is 83.7 Å². The number of hydrogen-bond acceptors (Lipinski definition) is 6. The monoisotopic (exact) mass is 578 g/mol. The van der Waals surface area contributed by atoms with Gasteiger partial charge in [0.25, 0.3) is 0 Å². The maximum atomic E-state index is 13.7. The molecule has 0 bridgehead atoms. The first-order valence-corrected chi connectivity index (χ1v) is 15.0. The summed E-state index contributed by atoms with van der Waals surface area (Å²) in [6, 6.07) is 14.6. The summed E-state index contributed by atoms with van der Waals surface area (Å²) in [5.41, 5.74) is 5.99. The van der Waals surface area contributed by atoms with Gasteiger partial charge in [-0.3, -0.25) is 4.68 Å². The van der Waals surface area contributed by atoms with Gasteiger partial charge in [-0.25, -0.2) is 14.4 Å². The van der Waals surface area contributed by atoms with E-state index in [9.17, 15) is 4.39 Å². The molecule has 2 N–H and O–H groups in total. The van der Waals surface area contributed by atoms with Crippen molar-refractivity contribution >= 4 is 33.3 Å². The summed E-state index contributed by atoms with van der Waals surface area (Å²) in [5, 5.41) is 13.4. The summed E-state index contributed by atoms with van der Waals surface area (Å²) in [7, 11) is 0. The van der Waals surface area contributed by atoms with Crippen LogP contribution in [-0.4, -0.2) is 61.9 Å². The van der Waals surface area contributed by atoms with Gasteiger partial charge in [0.2, 0.25) is 0 Å². The predicted octanol–water partition coefficient (Wildman–Crippen LogP) is 6.55. The van der Waals surface area contributed by atoms with Crippen molar-refractivity contribution < 1.29 is 4.39 Å². The molecule has 0 aliphatic carbocycles. The fraction of sp³-hybridized carbons (Fsp3) is 0.324. The Morgan fingerprint density at radius 2 is 1.93 bits per heavy atom. The van der Waals surface area contributed by atoms with Crippen molar-refractivity contribution in [2.45, 2.75) is 33.9 Å². The Morgan fingerprint density at radius 3 is 2.77 bits per heavy atom. The molecule has 3 aromatic heterocycles. The minimum atomic E-state index is -0.241. The van der Waals surface area contributed by atoms with E-state index in [1.54, 1.807) is 19.3 Å². The van der Waals surface area contributed by atoms with Gasteiger partial charge >= 0.3 is 0 Å². The molecule has 4 heterocycles. The lowest BCUT2D eigenvalue weighted by Crippen LogP contribution is -2.45. The minimum absolute atomic E-state index is 0.241. The Bertz CT molecular complexity index is 1780. The van der Waals surface area contributed by atoms with E-state index in [1.807, 2.05) is 29.9 Å². The first kappa shape index (κ1) is 28.8. The topological polar surface area (TPSA) is 75.8 Å². The van der Waals surface area contributed by atoms with Gasteiger partial charge in [0.15, 0.2) is 0 Å². The molecule has 222 valence electrons. The van der Waals surface area contributed by atoms with Crippen molar-refractivity contribution in [3.8, 4) is 11.1 Å². The number of rotatable bonds is 10. The zero-order chi connectivity index (χ0) is 29.8. The summed E-state index contributed by atoms with van der Waals surface area (Å²) in [5.74, 6) is 1.09. The van der Waals surface area contributed by atoms with E-state index in [1.165, 1.54) is 11.6 Å². The summed E-state index contributed by atoms with van der Waals surface area (Å²) < 4.78 is 17.9. The van der Waals surface area contributed by atoms with Crippen molar-refractivity contribution in [3.63, 3.8) is 0 Å². The van der Waals surface area contributed by atoms with Gasteiger partial charge in [0.05, 0.1) is 23.8 Å². The van der Waals surface area contributed by atoms with Crippen molar-refractivity contribution in [1.29, 1.82) is 0 Å². The molecule has 1 fully saturated rings. The second kappa shape index (κ2) is 12.9. The lowest BCUT2D eigenvalue weighted by molar-refractivity contribution is 0.203. The molecule has 5 aromatic rings. The number of allylic oxidation sites excluding steroid dienone is 4. The SMILES string of the molecule is C/C=C(F)\C=C(/C)Cn1ncc2cc(Nc3ncnc4ccc(-c5ccn(CC(C)CN6CCNCC6)c5)cc34)ccc21. The third kappa shape index (κ3) is 6.84. The van der Waals surface area contributed by atoms with Crippen LogP contribution in [0.4, 0.5) is 15.9 Å². The van der Waals surface area contributed by atoms with E-state index in [2.05, 4.69) is 84.8 Å². The summed E-state index contributed by atoms with van der Waals surface area (Å²) in [4.78, 5) is 11.7. The van der Waals surface area contributed by atoms with Crippen LogP contribution >= 0.6 is 0 Å². The molecule has 1 saturated heterocycles. The molecule has 43 heavy (non-hydrogen) atoms. The van der Waals surface area contributed by atoms with Gasteiger partial charge in [-0.05, 0) is 78.9 Å². The quantitative estimate of drug-likeness (QED) is 0.183. The highest BCUT2D eigenvalue weighted by atomic mass is 19.1. The molecule has 0 spiro atoms. The van der Waals surface area contributed by atoms with Gasteiger partial charge < -0.3 is 20.1 Å². The third-order valence-electron chi connectivity index (χ3n) is 7.98. The van der Waals surface area contributed by atoms with Gasteiger partial charge in [-0.1, -0.05) is 19.1 Å². The van der Waals surface area contributed by atoms with Gasteiger partial charge in [0, 0.05) is 68.1 Å². The van der Waals surface area contributed by atoms with Crippen LogP contribution in [0.15, 0.2) is 90.9 Å². The van der Waals surface area contributed by atoms with E-state index in [0.29, 0.717) is 12.5 Å². The van der Waals surface area contributed by atoms with Crippen LogP contribution < -0.4 is 10.6 Å². The van der Waals surface area contributed by atoms with Crippen molar-refractivity contribution in [1.82, 2.24) is 34.5 Å². The number of anilines is 2. The molecule has 1 unspecified atom stereocenters. The summed E-state index contributed by atoms with van der Waals surface area (Å²) >= 11 is 0. The zero-order valence-corrected chi connectivity index (χ0v) is 25.1. The highest BCUT2D eigenvalue weighted by Gasteiger charge is 2.14. The Kier molecular flexibility index (Phi) is 8.62. The second-order valence-electron chi connectivity index (χ2n) is 11.6. The fourth-order valence-electron chi connectivity index (χ4n) is 5.84. The van der Waals surface area contributed by atoms with E-state index in [4.69, 9.17) is 0 Å². The average Bonchev–Trinajstić information content (AvgIpc) is 3.64. The van der Waals surface area contributed by atoms with Crippen molar-refractivity contribution in [2.24, 2.45) is 5.92 Å². The Balaban J connectivity index is 1.18. The van der Waals surface area contributed by atoms with Crippen LogP contribution in [0.1, 0.15) is 20.8 Å². The third-order valence-corrected chi connectivity index (χ3v) is 7.98. The number of fused-ring (bicyclic) bond motifs is 2. The first-order valence-electron chi connectivity index (χ1n) is 15.0. The highest BCUT2D eigenvalue weighted by molar-refractivity contribution is 5.94. The smallest absolute Gasteiger partial charge is 0.141 e. The van der Waals surface area contributed by atoms with Crippen LogP contribution in [0.3, 0.4) is 0 Å². The molecule has 9 heteroatoms. The van der Waals surface area contributed by atoms with Crippen LogP contribution in [0, 0.1) is 5.92 Å². The normalized spacial score (nSPS) is 15.8. The lowest BCUT2D eigenvalue weighted by atomic mass is 10.1. The second-order valence-corrected chi connectivity index (χ2v) is 11.6. The highest BCUT2D eigenvalue weighted by Crippen LogP contribution is 2.30. The fourth-order valence-corrected chi connectivity index (χ4v) is 5.84. The maximum absolute atomic E-state index is 13.7. The molecular formula is C34H39FN8. The van der Waals surface area contributed by atoms with E-state index in [-0.39, 0.29) is 5.83 Å². The number of halogens is 1. The van der Waals surface area contributed by atoms with Crippen molar-refractivity contribution in [3.05, 3.63) is 90.9 Å². The molecule has 6 rings (SSSR count). The van der Waals surface area contributed by atoms with E-state index < -0.39 is 0 Å². The predicted molar refractivity (Wildman–Crippen MR) is 173 cm³/mol. The molecule has 0 radical (unpaired) electrons. The van der Waals surface area contributed by atoms with Crippen LogP contribution in [0.2, 0.25) is 0 Å². The number of piperazine rings is 1. The summed E-state index contributed by atoms with van der Waals surface area (Å²) in [6.45, 7) is 13.0. The zero-order valence-electron chi connectivity index (χ0n) is 25.1. The number of nitrogens with one attached hydrogen (secondary N) is 2. The molecule has 0 saturated carbocycles. The van der Waals surface area contributed by atoms with Crippen LogP contribution in [0.5, 0.6) is 0 Å². The average molecular weight is 579 g/mol. The molecule has 8 nitrogen and oxygen atoms in total. The Morgan fingerprint density at radius 1 is 1.07 bits per heavy atom. The maximum Gasteiger partial charge on any atom is 0.141 e. The standard InChI is InChI=1S/C34H39FN8/c1-4-29(35)15-24(2)21-43-33-8-6-30(16-28(33)18-39-43)40-34-31-17-26(5-7-32(31)37-23-38-34)27-9-12-42(22-27)20-25(3)19-41-13-10-36-11-14-41/h4-9,12,15-18,22-23,25,36H,10-11,13-14,19-21H2,1-3H3,(H,37,38,40)/b24-15+,29-4+. The number of benzene rings is 2. The number of aromatic nitrogens is 5. The minimum Gasteiger partial charge on any atom is -0.353 e. The lowest BCUT2D eigenvalue weighted by Gasteiger charge is -2.29. The van der Waals surface area contributed by atoms with Crippen LogP contribution in [0.25, 0.3) is 32.9 Å². The van der Waals surface area contributed by atoms with Crippen LogP contribution in [-0.2, 0) is 13.1 Å². The Hall–Kier alpha value is -4.34. The van der Waals surface area contributed by atoms with Gasteiger partial charge in [0.1, 0.15) is 18.0 Å². The molecule has 1 aliphatic heterocycles. The molecular weight excluding hydrogens is 539 g/mol. The van der Waals surface area contributed by atoms with Crippen molar-refractivity contribution in [2.75, 3.05) is 38.0 Å².